The fourth-order valence-corrected chi connectivity index (χ4v) is 2.58. The predicted octanol–water partition coefficient (Wildman–Crippen LogP) is 5.42. The number of rotatable bonds is 7. The van der Waals surface area contributed by atoms with E-state index in [1.165, 1.54) is 12.1 Å². The van der Waals surface area contributed by atoms with Gasteiger partial charge in [0.1, 0.15) is 23.7 Å². The van der Waals surface area contributed by atoms with E-state index >= 15 is 0 Å². The quantitative estimate of drug-likeness (QED) is 0.349. The summed E-state index contributed by atoms with van der Waals surface area (Å²) in [6.45, 7) is 0.322. The molecule has 0 saturated carbocycles. The van der Waals surface area contributed by atoms with Crippen molar-refractivity contribution in [1.29, 1.82) is 0 Å². The molecule has 0 spiro atoms. The maximum absolute atomic E-state index is 12.5. The van der Waals surface area contributed by atoms with Crippen molar-refractivity contribution >= 4 is 11.9 Å². The Hall–Kier alpha value is -3.59. The van der Waals surface area contributed by atoms with Crippen LogP contribution in [0.5, 0.6) is 11.5 Å². The molecule has 1 N–H and O–H groups in total. The Morgan fingerprint density at radius 2 is 1.56 bits per heavy atom. The van der Waals surface area contributed by atoms with Gasteiger partial charge in [0.25, 0.3) is 0 Å². The predicted molar refractivity (Wildman–Crippen MR) is 108 cm³/mol. The van der Waals surface area contributed by atoms with Crippen molar-refractivity contribution in [1.82, 2.24) is 0 Å². The maximum atomic E-state index is 12.5. The van der Waals surface area contributed by atoms with Gasteiger partial charge in [-0.25, -0.2) is 0 Å². The highest BCUT2D eigenvalue weighted by molar-refractivity contribution is 6.08. The molecule has 0 amide bonds. The molecule has 0 saturated heterocycles. The second kappa shape index (κ2) is 9.20. The molecule has 0 fully saturated rings. The summed E-state index contributed by atoms with van der Waals surface area (Å²) in [6.07, 6.45) is 6.77. The molecule has 3 rings (SSSR count). The summed E-state index contributed by atoms with van der Waals surface area (Å²) in [6, 6.07) is 24.3. The van der Waals surface area contributed by atoms with Crippen molar-refractivity contribution in [3.63, 3.8) is 0 Å². The molecule has 3 aromatic rings. The van der Waals surface area contributed by atoms with E-state index in [9.17, 15) is 9.90 Å². The highest BCUT2D eigenvalue weighted by atomic mass is 16.5. The van der Waals surface area contributed by atoms with Crippen molar-refractivity contribution in [3.05, 3.63) is 114 Å². The van der Waals surface area contributed by atoms with Crippen molar-refractivity contribution in [2.75, 3.05) is 0 Å². The molecule has 0 aliphatic carbocycles. The van der Waals surface area contributed by atoms with Crippen LogP contribution < -0.4 is 4.74 Å². The highest BCUT2D eigenvalue weighted by Gasteiger charge is 2.15. The third-order valence-electron chi connectivity index (χ3n) is 3.93. The molecule has 0 atom stereocenters. The zero-order valence-corrected chi connectivity index (χ0v) is 14.8. The molecule has 0 aliphatic rings. The normalized spacial score (nSPS) is 11.1. The second-order valence-electron chi connectivity index (χ2n) is 5.92. The van der Waals surface area contributed by atoms with Gasteiger partial charge in [0.05, 0.1) is 0 Å². The molecule has 0 heterocycles. The molecule has 0 aromatic heterocycles. The largest absolute Gasteiger partial charge is 0.507 e. The van der Waals surface area contributed by atoms with Gasteiger partial charge in [-0.3, -0.25) is 4.79 Å². The Kier molecular flexibility index (Phi) is 6.21. The zero-order chi connectivity index (χ0) is 18.9. The van der Waals surface area contributed by atoms with Crippen LogP contribution in [-0.2, 0) is 6.61 Å². The van der Waals surface area contributed by atoms with Gasteiger partial charge in [0.15, 0.2) is 5.78 Å². The summed E-state index contributed by atoms with van der Waals surface area (Å²) in [4.78, 5) is 12.5. The van der Waals surface area contributed by atoms with Gasteiger partial charge >= 0.3 is 0 Å². The highest BCUT2D eigenvalue weighted by Crippen LogP contribution is 2.29. The first kappa shape index (κ1) is 18.2. The van der Waals surface area contributed by atoms with E-state index in [4.69, 9.17) is 4.74 Å². The molecule has 0 bridgehead atoms. The van der Waals surface area contributed by atoms with Crippen molar-refractivity contribution in [2.45, 2.75) is 6.61 Å². The third kappa shape index (κ3) is 5.19. The van der Waals surface area contributed by atoms with Crippen LogP contribution >= 0.6 is 0 Å². The average Bonchev–Trinajstić information content (AvgIpc) is 2.71. The van der Waals surface area contributed by atoms with E-state index in [-0.39, 0.29) is 17.1 Å². The SMILES string of the molecule is O=C(/C=C\C=C\c1ccccc1)c1c(O)cccc1OCc1ccccc1. The van der Waals surface area contributed by atoms with Gasteiger partial charge in [-0.05, 0) is 29.3 Å². The molecule has 134 valence electrons. The zero-order valence-electron chi connectivity index (χ0n) is 14.8. The molecule has 3 heteroatoms. The Morgan fingerprint density at radius 3 is 2.30 bits per heavy atom. The van der Waals surface area contributed by atoms with Crippen LogP contribution in [0.1, 0.15) is 21.5 Å². The van der Waals surface area contributed by atoms with E-state index in [0.29, 0.717) is 12.4 Å². The minimum Gasteiger partial charge on any atom is -0.507 e. The Balaban J connectivity index is 1.72. The number of carbonyl (C=O) groups excluding carboxylic acids is 1. The summed E-state index contributed by atoms with van der Waals surface area (Å²) < 4.78 is 5.77. The Morgan fingerprint density at radius 1 is 0.852 bits per heavy atom. The number of aromatic hydroxyl groups is 1. The van der Waals surface area contributed by atoms with E-state index in [1.54, 1.807) is 24.3 Å². The summed E-state index contributed by atoms with van der Waals surface area (Å²) >= 11 is 0. The van der Waals surface area contributed by atoms with Crippen LogP contribution in [0, 0.1) is 0 Å². The molecule has 0 radical (unpaired) electrons. The standard InChI is InChI=1S/C24H20O3/c25-21(15-8-7-12-19-10-3-1-4-11-19)24-22(26)16-9-17-23(24)27-18-20-13-5-2-6-14-20/h1-17,26H,18H2/b12-7+,15-8-. The molecule has 3 nitrogen and oxygen atoms in total. The van der Waals surface area contributed by atoms with Crippen molar-refractivity contribution in [2.24, 2.45) is 0 Å². The van der Waals surface area contributed by atoms with Gasteiger partial charge in [0, 0.05) is 0 Å². The lowest BCUT2D eigenvalue weighted by Gasteiger charge is -2.11. The van der Waals surface area contributed by atoms with E-state index in [2.05, 4.69) is 0 Å². The smallest absolute Gasteiger partial charge is 0.193 e. The minimum atomic E-state index is -0.311. The Bertz CT molecular complexity index is 942. The summed E-state index contributed by atoms with van der Waals surface area (Å²) in [7, 11) is 0. The van der Waals surface area contributed by atoms with Crippen molar-refractivity contribution < 1.29 is 14.6 Å². The van der Waals surface area contributed by atoms with Gasteiger partial charge in [-0.1, -0.05) is 85.0 Å². The number of benzene rings is 3. The van der Waals surface area contributed by atoms with Crippen LogP contribution in [0.4, 0.5) is 0 Å². The lowest BCUT2D eigenvalue weighted by atomic mass is 10.1. The van der Waals surface area contributed by atoms with Crippen LogP contribution in [0.25, 0.3) is 6.08 Å². The molecule has 27 heavy (non-hydrogen) atoms. The number of phenols is 1. The fraction of sp³-hybridized carbons (Fsp3) is 0.0417. The summed E-state index contributed by atoms with van der Waals surface area (Å²) in [5.41, 5.74) is 2.20. The lowest BCUT2D eigenvalue weighted by molar-refractivity contribution is 0.104. The second-order valence-corrected chi connectivity index (χ2v) is 5.92. The van der Waals surface area contributed by atoms with Crippen LogP contribution in [0.2, 0.25) is 0 Å². The van der Waals surface area contributed by atoms with Crippen LogP contribution in [0.3, 0.4) is 0 Å². The average molecular weight is 356 g/mol. The number of phenolic OH excluding ortho intramolecular Hbond substituents is 1. The number of ether oxygens (including phenoxy) is 1. The van der Waals surface area contributed by atoms with E-state index in [0.717, 1.165) is 11.1 Å². The molecular formula is C24H20O3. The first-order chi connectivity index (χ1) is 13.2. The van der Waals surface area contributed by atoms with Crippen LogP contribution in [-0.4, -0.2) is 10.9 Å². The number of hydrogen-bond acceptors (Lipinski definition) is 3. The topological polar surface area (TPSA) is 46.5 Å². The Labute approximate surface area is 158 Å². The molecular weight excluding hydrogens is 336 g/mol. The minimum absolute atomic E-state index is 0.0951. The van der Waals surface area contributed by atoms with Gasteiger partial charge in [0.2, 0.25) is 0 Å². The van der Waals surface area contributed by atoms with Gasteiger partial charge < -0.3 is 9.84 Å². The van der Waals surface area contributed by atoms with Crippen LogP contribution in [0.15, 0.2) is 97.1 Å². The summed E-state index contributed by atoms with van der Waals surface area (Å²) in [5, 5.41) is 10.1. The fourth-order valence-electron chi connectivity index (χ4n) is 2.58. The van der Waals surface area contributed by atoms with Crippen molar-refractivity contribution in [3.8, 4) is 11.5 Å². The van der Waals surface area contributed by atoms with E-state index in [1.807, 2.05) is 66.7 Å². The van der Waals surface area contributed by atoms with E-state index < -0.39 is 0 Å². The summed E-state index contributed by atoms with van der Waals surface area (Å²) in [5.74, 6) is -0.0448. The number of carbonyl (C=O) groups is 1. The first-order valence-electron chi connectivity index (χ1n) is 8.67. The van der Waals surface area contributed by atoms with Gasteiger partial charge in [-0.15, -0.1) is 0 Å². The monoisotopic (exact) mass is 356 g/mol. The van der Waals surface area contributed by atoms with Gasteiger partial charge in [-0.2, -0.15) is 0 Å². The molecule has 0 aliphatic heterocycles. The first-order valence-corrected chi connectivity index (χ1v) is 8.67. The lowest BCUT2D eigenvalue weighted by Crippen LogP contribution is -2.02. The molecule has 3 aromatic carbocycles. The third-order valence-corrected chi connectivity index (χ3v) is 3.93. The number of ketones is 1. The number of allylic oxidation sites excluding steroid dienone is 3. The molecule has 0 unspecified atom stereocenters. The number of hydrogen-bond donors (Lipinski definition) is 1. The maximum Gasteiger partial charge on any atom is 0.193 e.